The number of nitrogens with zero attached hydrogens (tertiary/aromatic N) is 2. The monoisotopic (exact) mass is 366 g/mol. The number of rotatable bonds is 2. The number of carbonyl (C=O) groups is 2. The van der Waals surface area contributed by atoms with Crippen LogP contribution in [0.4, 0.5) is 11.5 Å². The molecule has 2 aromatic rings. The summed E-state index contributed by atoms with van der Waals surface area (Å²) in [5.41, 5.74) is 1.47. The first-order chi connectivity index (χ1) is 9.15. The molecule has 0 atom stereocenters. The lowest BCUT2D eigenvalue weighted by Crippen LogP contribution is -2.19. The van der Waals surface area contributed by atoms with E-state index in [2.05, 4.69) is 43.2 Å². The molecule has 2 amide bonds. The maximum atomic E-state index is 11.6. The number of halogens is 1. The number of aromatic nitrogens is 2. The molecule has 0 spiro atoms. The predicted octanol–water partition coefficient (Wildman–Crippen LogP) is 1.71. The number of amides is 2. The Labute approximate surface area is 121 Å². The first-order valence-corrected chi connectivity index (χ1v) is 6.45. The fraction of sp³-hybridized carbons (Fsp3) is 0. The maximum absolute atomic E-state index is 11.6. The van der Waals surface area contributed by atoms with Gasteiger partial charge in [0.25, 0.3) is 11.8 Å². The molecule has 2 N–H and O–H groups in total. The highest BCUT2D eigenvalue weighted by Gasteiger charge is 2.26. The van der Waals surface area contributed by atoms with Crippen molar-refractivity contribution in [1.29, 1.82) is 0 Å². The molecule has 94 valence electrons. The van der Waals surface area contributed by atoms with E-state index < -0.39 is 0 Å². The van der Waals surface area contributed by atoms with Crippen molar-refractivity contribution in [2.45, 2.75) is 0 Å². The molecule has 3 rings (SSSR count). The summed E-state index contributed by atoms with van der Waals surface area (Å²) >= 11 is 2.11. The number of carbonyl (C=O) groups excluding carboxylic acids is 2. The molecule has 0 fully saturated rings. The highest BCUT2D eigenvalue weighted by atomic mass is 127. The first-order valence-electron chi connectivity index (χ1n) is 5.37. The van der Waals surface area contributed by atoms with Gasteiger partial charge < -0.3 is 5.32 Å². The number of hydrogen-bond donors (Lipinski definition) is 2. The summed E-state index contributed by atoms with van der Waals surface area (Å²) in [6.45, 7) is 0. The SMILES string of the molecule is O=C1NC(=O)c2cc(Nc3ncncc3I)ccc21. The Kier molecular flexibility index (Phi) is 2.90. The summed E-state index contributed by atoms with van der Waals surface area (Å²) < 4.78 is 0.862. The Morgan fingerprint density at radius 2 is 1.95 bits per heavy atom. The number of imide groups is 1. The molecule has 1 aliphatic rings. The third-order valence-corrected chi connectivity index (χ3v) is 3.46. The van der Waals surface area contributed by atoms with E-state index >= 15 is 0 Å². The minimum absolute atomic E-state index is 0.358. The molecule has 0 saturated carbocycles. The Morgan fingerprint density at radius 1 is 1.16 bits per heavy atom. The van der Waals surface area contributed by atoms with Crippen molar-refractivity contribution in [2.75, 3.05) is 5.32 Å². The summed E-state index contributed by atoms with van der Waals surface area (Å²) in [6.07, 6.45) is 3.12. The van der Waals surface area contributed by atoms with E-state index in [1.165, 1.54) is 6.33 Å². The molecular weight excluding hydrogens is 359 g/mol. The normalized spacial score (nSPS) is 13.1. The van der Waals surface area contributed by atoms with E-state index in [-0.39, 0.29) is 11.8 Å². The Balaban J connectivity index is 1.96. The van der Waals surface area contributed by atoms with Crippen molar-refractivity contribution in [3.63, 3.8) is 0 Å². The van der Waals surface area contributed by atoms with Gasteiger partial charge in [0, 0.05) is 11.9 Å². The quantitative estimate of drug-likeness (QED) is 0.625. The van der Waals surface area contributed by atoms with Crippen LogP contribution in [0.15, 0.2) is 30.7 Å². The summed E-state index contributed by atoms with van der Waals surface area (Å²) in [7, 11) is 0. The fourth-order valence-corrected chi connectivity index (χ4v) is 2.22. The van der Waals surface area contributed by atoms with Gasteiger partial charge in [-0.3, -0.25) is 14.9 Å². The molecule has 1 aromatic heterocycles. The molecule has 0 bridgehead atoms. The lowest BCUT2D eigenvalue weighted by atomic mass is 10.1. The molecule has 0 unspecified atom stereocenters. The molecule has 0 aliphatic carbocycles. The number of anilines is 2. The highest BCUT2D eigenvalue weighted by molar-refractivity contribution is 14.1. The molecule has 19 heavy (non-hydrogen) atoms. The zero-order valence-electron chi connectivity index (χ0n) is 9.48. The third kappa shape index (κ3) is 2.16. The zero-order chi connectivity index (χ0) is 13.4. The predicted molar refractivity (Wildman–Crippen MR) is 76.3 cm³/mol. The maximum Gasteiger partial charge on any atom is 0.259 e. The standard InChI is InChI=1S/C12H7IN4O2/c13-9-4-14-5-15-10(9)16-6-1-2-7-8(3-6)12(19)17-11(7)18/h1-5H,(H,14,15,16)(H,17,18,19). The number of benzene rings is 1. The largest absolute Gasteiger partial charge is 0.339 e. The van der Waals surface area contributed by atoms with Crippen LogP contribution in [0.5, 0.6) is 0 Å². The van der Waals surface area contributed by atoms with E-state index in [4.69, 9.17) is 0 Å². The van der Waals surface area contributed by atoms with Gasteiger partial charge in [-0.1, -0.05) is 0 Å². The summed E-state index contributed by atoms with van der Waals surface area (Å²) in [5, 5.41) is 5.34. The average Bonchev–Trinajstić information content (AvgIpc) is 2.68. The van der Waals surface area contributed by atoms with E-state index in [1.54, 1.807) is 24.4 Å². The molecule has 1 aromatic carbocycles. The highest BCUT2D eigenvalue weighted by Crippen LogP contribution is 2.24. The van der Waals surface area contributed by atoms with Crippen LogP contribution in [0.3, 0.4) is 0 Å². The van der Waals surface area contributed by atoms with E-state index in [0.29, 0.717) is 22.6 Å². The summed E-state index contributed by atoms with van der Waals surface area (Å²) in [6, 6.07) is 4.98. The summed E-state index contributed by atoms with van der Waals surface area (Å²) in [5.74, 6) is -0.0792. The van der Waals surface area contributed by atoms with Crippen LogP contribution >= 0.6 is 22.6 Å². The summed E-state index contributed by atoms with van der Waals surface area (Å²) in [4.78, 5) is 31.0. The van der Waals surface area contributed by atoms with Crippen LogP contribution in [0.1, 0.15) is 20.7 Å². The van der Waals surface area contributed by atoms with Gasteiger partial charge in [-0.2, -0.15) is 0 Å². The van der Waals surface area contributed by atoms with Crippen molar-refractivity contribution in [2.24, 2.45) is 0 Å². The van der Waals surface area contributed by atoms with Gasteiger partial charge in [0.2, 0.25) is 0 Å². The van der Waals surface area contributed by atoms with Crippen molar-refractivity contribution < 1.29 is 9.59 Å². The van der Waals surface area contributed by atoms with Gasteiger partial charge in [-0.25, -0.2) is 9.97 Å². The smallest absolute Gasteiger partial charge is 0.259 e. The lowest BCUT2D eigenvalue weighted by Gasteiger charge is -2.07. The van der Waals surface area contributed by atoms with Gasteiger partial charge >= 0.3 is 0 Å². The van der Waals surface area contributed by atoms with Crippen LogP contribution < -0.4 is 10.6 Å². The van der Waals surface area contributed by atoms with Crippen LogP contribution in [0.2, 0.25) is 0 Å². The van der Waals surface area contributed by atoms with Crippen LogP contribution in [-0.2, 0) is 0 Å². The molecule has 6 nitrogen and oxygen atoms in total. The Bertz CT molecular complexity index is 702. The van der Waals surface area contributed by atoms with E-state index in [9.17, 15) is 9.59 Å². The second-order valence-corrected chi connectivity index (χ2v) is 5.05. The van der Waals surface area contributed by atoms with Crippen LogP contribution in [0, 0.1) is 3.57 Å². The van der Waals surface area contributed by atoms with Gasteiger partial charge in [0.15, 0.2) is 0 Å². The minimum atomic E-state index is -0.374. The molecule has 2 heterocycles. The molecule has 7 heteroatoms. The minimum Gasteiger partial charge on any atom is -0.339 e. The van der Waals surface area contributed by atoms with Crippen molar-refractivity contribution in [3.05, 3.63) is 45.4 Å². The third-order valence-electron chi connectivity index (χ3n) is 2.67. The van der Waals surface area contributed by atoms with Gasteiger partial charge in [0.05, 0.1) is 14.7 Å². The molecule has 0 radical (unpaired) electrons. The second kappa shape index (κ2) is 4.57. The van der Waals surface area contributed by atoms with Crippen molar-refractivity contribution in [1.82, 2.24) is 15.3 Å². The van der Waals surface area contributed by atoms with Gasteiger partial charge in [0.1, 0.15) is 12.1 Å². The van der Waals surface area contributed by atoms with E-state index in [1.807, 2.05) is 0 Å². The zero-order valence-corrected chi connectivity index (χ0v) is 11.6. The molecule has 1 aliphatic heterocycles. The Hall–Kier alpha value is -2.03. The average molecular weight is 366 g/mol. The fourth-order valence-electron chi connectivity index (χ4n) is 1.79. The Morgan fingerprint density at radius 3 is 2.74 bits per heavy atom. The van der Waals surface area contributed by atoms with Crippen LogP contribution in [-0.4, -0.2) is 21.8 Å². The van der Waals surface area contributed by atoms with Gasteiger partial charge in [-0.15, -0.1) is 0 Å². The van der Waals surface area contributed by atoms with Crippen molar-refractivity contribution >= 4 is 45.9 Å². The lowest BCUT2D eigenvalue weighted by molar-refractivity contribution is 0.0879. The molecule has 0 saturated heterocycles. The van der Waals surface area contributed by atoms with Gasteiger partial charge in [-0.05, 0) is 40.8 Å². The number of hydrogen-bond acceptors (Lipinski definition) is 5. The van der Waals surface area contributed by atoms with Crippen LogP contribution in [0.25, 0.3) is 0 Å². The molecular formula is C12H7IN4O2. The van der Waals surface area contributed by atoms with E-state index in [0.717, 1.165) is 3.57 Å². The van der Waals surface area contributed by atoms with Crippen molar-refractivity contribution in [3.8, 4) is 0 Å². The topological polar surface area (TPSA) is 84.0 Å². The first kappa shape index (κ1) is 12.0. The second-order valence-electron chi connectivity index (χ2n) is 3.89. The number of fused-ring (bicyclic) bond motifs is 1. The number of nitrogens with one attached hydrogen (secondary N) is 2.